The third kappa shape index (κ3) is 3.42. The lowest BCUT2D eigenvalue weighted by atomic mass is 10.0. The van der Waals surface area contributed by atoms with E-state index >= 15 is 0 Å². The summed E-state index contributed by atoms with van der Waals surface area (Å²) in [5.41, 5.74) is 4.07. The maximum absolute atomic E-state index is 13.2. The summed E-state index contributed by atoms with van der Waals surface area (Å²) >= 11 is 0. The maximum Gasteiger partial charge on any atom is 0.278 e. The summed E-state index contributed by atoms with van der Waals surface area (Å²) in [4.78, 5) is 31.6. The van der Waals surface area contributed by atoms with Crippen LogP contribution < -0.4 is 5.32 Å². The molecule has 1 aliphatic rings. The van der Waals surface area contributed by atoms with Gasteiger partial charge in [0.1, 0.15) is 5.70 Å². The van der Waals surface area contributed by atoms with E-state index in [-0.39, 0.29) is 18.4 Å². The topological polar surface area (TPSA) is 62.3 Å². The fraction of sp³-hybridized carbons (Fsp3) is 0.0870. The number of benzene rings is 2. The number of aryl methyl sites for hydroxylation is 1. The number of carbonyl (C=O) groups excluding carboxylic acids is 2. The summed E-state index contributed by atoms with van der Waals surface area (Å²) < 4.78 is 0. The predicted molar refractivity (Wildman–Crippen MR) is 108 cm³/mol. The lowest BCUT2D eigenvalue weighted by Gasteiger charge is -2.15. The van der Waals surface area contributed by atoms with Crippen LogP contribution >= 0.6 is 0 Å². The first-order chi connectivity index (χ1) is 13.6. The molecule has 1 N–H and O–H groups in total. The highest BCUT2D eigenvalue weighted by Gasteiger charge is 2.39. The molecule has 4 rings (SSSR count). The molecule has 0 atom stereocenters. The molecule has 28 heavy (non-hydrogen) atoms. The Morgan fingerprint density at radius 2 is 1.64 bits per heavy atom. The number of nitrogens with zero attached hydrogens (tertiary/aromatic N) is 2. The fourth-order valence-corrected chi connectivity index (χ4v) is 3.16. The highest BCUT2D eigenvalue weighted by Crippen LogP contribution is 2.31. The molecule has 0 fully saturated rings. The van der Waals surface area contributed by atoms with Gasteiger partial charge in [-0.2, -0.15) is 0 Å². The molecule has 0 saturated carbocycles. The molecule has 0 spiro atoms. The summed E-state index contributed by atoms with van der Waals surface area (Å²) in [5, 5.41) is 3.16. The van der Waals surface area contributed by atoms with E-state index in [1.54, 1.807) is 18.5 Å². The third-order valence-electron chi connectivity index (χ3n) is 4.61. The first kappa shape index (κ1) is 17.7. The molecule has 138 valence electrons. The van der Waals surface area contributed by atoms with E-state index in [0.29, 0.717) is 16.8 Å². The molecule has 1 aliphatic heterocycles. The summed E-state index contributed by atoms with van der Waals surface area (Å²) in [7, 11) is 0. The molecule has 2 aromatic carbocycles. The number of carbonyl (C=O) groups is 2. The monoisotopic (exact) mass is 369 g/mol. The molecule has 5 heteroatoms. The lowest BCUT2D eigenvalue weighted by molar-refractivity contribution is -0.137. The molecule has 0 unspecified atom stereocenters. The van der Waals surface area contributed by atoms with Crippen molar-refractivity contribution in [2.45, 2.75) is 13.5 Å². The van der Waals surface area contributed by atoms with Gasteiger partial charge in [-0.15, -0.1) is 0 Å². The van der Waals surface area contributed by atoms with Gasteiger partial charge in [0.25, 0.3) is 11.8 Å². The highest BCUT2D eigenvalue weighted by atomic mass is 16.2. The van der Waals surface area contributed by atoms with E-state index in [9.17, 15) is 9.59 Å². The summed E-state index contributed by atoms with van der Waals surface area (Å²) in [6, 6.07) is 20.6. The van der Waals surface area contributed by atoms with Crippen molar-refractivity contribution in [2.75, 3.05) is 5.32 Å². The van der Waals surface area contributed by atoms with Crippen LogP contribution in [0.15, 0.2) is 84.8 Å². The first-order valence-electron chi connectivity index (χ1n) is 9.02. The molecule has 2 amide bonds. The number of rotatable bonds is 5. The van der Waals surface area contributed by atoms with Gasteiger partial charge >= 0.3 is 0 Å². The van der Waals surface area contributed by atoms with Crippen LogP contribution in [0.1, 0.15) is 16.7 Å². The third-order valence-corrected chi connectivity index (χ3v) is 4.61. The van der Waals surface area contributed by atoms with Gasteiger partial charge in [0.05, 0.1) is 12.1 Å². The van der Waals surface area contributed by atoms with E-state index in [1.807, 2.05) is 67.6 Å². The molecular weight excluding hydrogens is 350 g/mol. The van der Waals surface area contributed by atoms with Crippen LogP contribution in [-0.4, -0.2) is 21.7 Å². The quantitative estimate of drug-likeness (QED) is 0.695. The number of imide groups is 1. The zero-order chi connectivity index (χ0) is 19.5. The van der Waals surface area contributed by atoms with Crippen molar-refractivity contribution < 1.29 is 9.59 Å². The minimum absolute atomic E-state index is 0.181. The van der Waals surface area contributed by atoms with Crippen molar-refractivity contribution in [2.24, 2.45) is 0 Å². The first-order valence-corrected chi connectivity index (χ1v) is 9.02. The Bertz CT molecular complexity index is 1040. The molecular formula is C23H19N3O2. The number of anilines is 1. The van der Waals surface area contributed by atoms with E-state index in [1.165, 1.54) is 4.90 Å². The van der Waals surface area contributed by atoms with Gasteiger partial charge < -0.3 is 5.32 Å². The Balaban J connectivity index is 1.73. The smallest absolute Gasteiger partial charge is 0.278 e. The van der Waals surface area contributed by atoms with Gasteiger partial charge in [-0.1, -0.05) is 54.1 Å². The van der Waals surface area contributed by atoms with E-state index in [4.69, 9.17) is 0 Å². The lowest BCUT2D eigenvalue weighted by Crippen LogP contribution is -2.32. The number of aromatic nitrogens is 1. The molecule has 0 bridgehead atoms. The number of hydrogen-bond acceptors (Lipinski definition) is 4. The van der Waals surface area contributed by atoms with Crippen LogP contribution in [0.4, 0.5) is 5.69 Å². The van der Waals surface area contributed by atoms with Crippen LogP contribution in [-0.2, 0) is 16.1 Å². The average Bonchev–Trinajstić information content (AvgIpc) is 2.95. The van der Waals surface area contributed by atoms with Crippen molar-refractivity contribution in [1.29, 1.82) is 0 Å². The van der Waals surface area contributed by atoms with Gasteiger partial charge in [0.15, 0.2) is 0 Å². The predicted octanol–water partition coefficient (Wildman–Crippen LogP) is 3.78. The van der Waals surface area contributed by atoms with Gasteiger partial charge in [0.2, 0.25) is 0 Å². The number of hydrogen-bond donors (Lipinski definition) is 1. The summed E-state index contributed by atoms with van der Waals surface area (Å²) in [6.07, 6.45) is 3.32. The molecule has 0 aliphatic carbocycles. The number of amides is 2. The van der Waals surface area contributed by atoms with Gasteiger partial charge in [-0.25, -0.2) is 0 Å². The van der Waals surface area contributed by atoms with Crippen molar-refractivity contribution in [3.8, 4) is 0 Å². The Morgan fingerprint density at radius 1 is 0.893 bits per heavy atom. The SMILES string of the molecule is Cc1ccc(NC2=C(c3ccccc3)C(=O)N(Cc3cccnc3)C2=O)cc1. The van der Waals surface area contributed by atoms with E-state index in [2.05, 4.69) is 10.3 Å². The Kier molecular flexibility index (Phi) is 4.72. The zero-order valence-corrected chi connectivity index (χ0v) is 15.4. The number of nitrogens with one attached hydrogen (secondary N) is 1. The maximum atomic E-state index is 13.2. The van der Waals surface area contributed by atoms with Crippen LogP contribution in [0, 0.1) is 6.92 Å². The standard InChI is InChI=1S/C23H19N3O2/c1-16-9-11-19(12-10-16)25-21-20(18-7-3-2-4-8-18)22(27)26(23(21)28)15-17-6-5-13-24-14-17/h2-14,25H,15H2,1H3. The van der Waals surface area contributed by atoms with Gasteiger partial charge in [-0.05, 0) is 36.2 Å². The van der Waals surface area contributed by atoms with E-state index < -0.39 is 0 Å². The van der Waals surface area contributed by atoms with Crippen LogP contribution in [0.3, 0.4) is 0 Å². The van der Waals surface area contributed by atoms with Crippen LogP contribution in [0.2, 0.25) is 0 Å². The molecule has 5 nitrogen and oxygen atoms in total. The van der Waals surface area contributed by atoms with Crippen LogP contribution in [0.5, 0.6) is 0 Å². The largest absolute Gasteiger partial charge is 0.350 e. The second-order valence-electron chi connectivity index (χ2n) is 6.66. The van der Waals surface area contributed by atoms with Gasteiger partial charge in [0, 0.05) is 18.1 Å². The second kappa shape index (κ2) is 7.48. The normalized spacial score (nSPS) is 14.0. The summed E-state index contributed by atoms with van der Waals surface area (Å²) in [6.45, 7) is 2.18. The molecule has 0 saturated heterocycles. The second-order valence-corrected chi connectivity index (χ2v) is 6.66. The highest BCUT2D eigenvalue weighted by molar-refractivity contribution is 6.36. The number of pyridine rings is 1. The van der Waals surface area contributed by atoms with Crippen molar-refractivity contribution >= 4 is 23.1 Å². The van der Waals surface area contributed by atoms with E-state index in [0.717, 1.165) is 16.8 Å². The zero-order valence-electron chi connectivity index (χ0n) is 15.4. The summed E-state index contributed by atoms with van der Waals surface area (Å²) in [5.74, 6) is -0.650. The molecule has 1 aromatic heterocycles. The average molecular weight is 369 g/mol. The van der Waals surface area contributed by atoms with Crippen molar-refractivity contribution in [3.05, 3.63) is 102 Å². The van der Waals surface area contributed by atoms with Crippen molar-refractivity contribution in [1.82, 2.24) is 9.88 Å². The van der Waals surface area contributed by atoms with Crippen molar-refractivity contribution in [3.63, 3.8) is 0 Å². The Hall–Kier alpha value is -3.73. The fourth-order valence-electron chi connectivity index (χ4n) is 3.16. The minimum atomic E-state index is -0.340. The molecule has 2 heterocycles. The minimum Gasteiger partial charge on any atom is -0.350 e. The Morgan fingerprint density at radius 3 is 2.32 bits per heavy atom. The van der Waals surface area contributed by atoms with Crippen LogP contribution in [0.25, 0.3) is 5.57 Å². The Labute approximate surface area is 163 Å². The molecule has 0 radical (unpaired) electrons. The van der Waals surface area contributed by atoms with Gasteiger partial charge in [-0.3, -0.25) is 19.5 Å². The molecule has 3 aromatic rings.